The summed E-state index contributed by atoms with van der Waals surface area (Å²) in [5.74, 6) is -1.32. The van der Waals surface area contributed by atoms with Crippen molar-refractivity contribution in [3.8, 4) is 21.9 Å². The SMILES string of the molecule is CCCCCCCCCCNCc1ccc(-c2ccccn2)s1.O=C(O)c1nc2c(C(F)(F)F)cc(-c3ccco3)cn2c1Cl. The molecule has 0 atom stereocenters. The van der Waals surface area contributed by atoms with Gasteiger partial charge in [0.1, 0.15) is 10.9 Å². The number of hydrogen-bond donors (Lipinski definition) is 2. The van der Waals surface area contributed by atoms with Crippen molar-refractivity contribution in [1.29, 1.82) is 0 Å². The standard InChI is InChI=1S/C20H30N2S.C13H6ClF3N2O3/c1-2-3-4-5-6-7-8-10-15-21-17-18-13-14-20(23-18)19-12-9-11-16-22-19;14-10-9(12(20)21)18-11-7(13(15,16)17)4-6(5-19(10)11)8-2-1-3-22-8/h9,11-14,16,21H,2-8,10,15,17H2,1H3;1-5H,(H,20,21). The van der Waals surface area contributed by atoms with Gasteiger partial charge in [0.25, 0.3) is 0 Å². The lowest BCUT2D eigenvalue weighted by atomic mass is 10.1. The predicted molar refractivity (Wildman–Crippen MR) is 172 cm³/mol. The Labute approximate surface area is 269 Å². The molecule has 0 fully saturated rings. The van der Waals surface area contributed by atoms with Crippen LogP contribution in [-0.2, 0) is 12.7 Å². The van der Waals surface area contributed by atoms with E-state index in [-0.39, 0.29) is 11.3 Å². The third kappa shape index (κ3) is 9.66. The van der Waals surface area contributed by atoms with Gasteiger partial charge in [-0.2, -0.15) is 13.2 Å². The van der Waals surface area contributed by atoms with Crippen molar-refractivity contribution in [2.75, 3.05) is 6.54 Å². The third-order valence-corrected chi connectivity index (χ3v) is 8.53. The Bertz CT molecular complexity index is 1640. The average Bonchev–Trinajstić information content (AvgIpc) is 3.79. The number of rotatable bonds is 14. The van der Waals surface area contributed by atoms with Crippen LogP contribution in [-0.4, -0.2) is 32.0 Å². The number of halogens is 4. The number of carboxylic acid groups (broad SMARTS) is 1. The van der Waals surface area contributed by atoms with Crippen LogP contribution in [0.15, 0.2) is 71.6 Å². The molecule has 0 saturated carbocycles. The zero-order valence-electron chi connectivity index (χ0n) is 24.9. The average molecular weight is 661 g/mol. The Morgan fingerprint density at radius 3 is 2.44 bits per heavy atom. The summed E-state index contributed by atoms with van der Waals surface area (Å²) >= 11 is 7.67. The topological polar surface area (TPSA) is 92.7 Å². The number of pyridine rings is 2. The number of hydrogen-bond acceptors (Lipinski definition) is 6. The molecule has 0 amide bonds. The lowest BCUT2D eigenvalue weighted by Gasteiger charge is -2.10. The normalized spacial score (nSPS) is 11.5. The Balaban J connectivity index is 0.000000205. The minimum absolute atomic E-state index is 0.0982. The molecule has 0 aliphatic rings. The fourth-order valence-corrected chi connectivity index (χ4v) is 5.96. The molecule has 5 aromatic heterocycles. The van der Waals surface area contributed by atoms with E-state index in [1.807, 2.05) is 29.7 Å². The lowest BCUT2D eigenvalue weighted by molar-refractivity contribution is -0.136. The molecular formula is C33H36ClF3N4O3S. The Morgan fingerprint density at radius 2 is 1.80 bits per heavy atom. The maximum Gasteiger partial charge on any atom is 0.420 e. The van der Waals surface area contributed by atoms with Gasteiger partial charge in [0.2, 0.25) is 0 Å². The summed E-state index contributed by atoms with van der Waals surface area (Å²) in [5, 5.41) is 12.1. The molecule has 0 bridgehead atoms. The Morgan fingerprint density at radius 1 is 1.04 bits per heavy atom. The molecule has 5 rings (SSSR count). The molecule has 45 heavy (non-hydrogen) atoms. The first-order valence-electron chi connectivity index (χ1n) is 15.0. The van der Waals surface area contributed by atoms with Gasteiger partial charge in [0, 0.05) is 29.4 Å². The number of furan rings is 1. The maximum atomic E-state index is 13.2. The van der Waals surface area contributed by atoms with Crippen LogP contribution in [0.25, 0.3) is 27.5 Å². The molecule has 0 aliphatic carbocycles. The van der Waals surface area contributed by atoms with E-state index in [0.717, 1.165) is 29.3 Å². The van der Waals surface area contributed by atoms with Crippen molar-refractivity contribution in [3.63, 3.8) is 0 Å². The van der Waals surface area contributed by atoms with Crippen LogP contribution >= 0.6 is 22.9 Å². The smallest absolute Gasteiger partial charge is 0.420 e. The summed E-state index contributed by atoms with van der Waals surface area (Å²) in [6.07, 6.45) is 10.7. The van der Waals surface area contributed by atoms with Gasteiger partial charge >= 0.3 is 12.1 Å². The second-order valence-corrected chi connectivity index (χ2v) is 12.0. The summed E-state index contributed by atoms with van der Waals surface area (Å²) in [6.45, 7) is 4.39. The largest absolute Gasteiger partial charge is 0.476 e. The molecule has 0 radical (unpaired) electrons. The van der Waals surface area contributed by atoms with Crippen molar-refractivity contribution < 1.29 is 27.5 Å². The number of thiophene rings is 1. The number of carboxylic acids is 1. The number of carbonyl (C=O) groups is 1. The van der Waals surface area contributed by atoms with E-state index in [1.165, 1.54) is 85.7 Å². The molecule has 0 saturated heterocycles. The minimum atomic E-state index is -4.73. The number of nitrogens with one attached hydrogen (secondary N) is 1. The van der Waals surface area contributed by atoms with Crippen LogP contribution in [0.1, 0.15) is 79.2 Å². The first-order valence-corrected chi connectivity index (χ1v) is 16.1. The monoisotopic (exact) mass is 660 g/mol. The van der Waals surface area contributed by atoms with Gasteiger partial charge in [-0.05, 0) is 55.4 Å². The van der Waals surface area contributed by atoms with Crippen molar-refractivity contribution in [3.05, 3.63) is 88.5 Å². The van der Waals surface area contributed by atoms with Gasteiger partial charge < -0.3 is 14.8 Å². The van der Waals surface area contributed by atoms with Crippen LogP contribution in [0.2, 0.25) is 5.15 Å². The van der Waals surface area contributed by atoms with Crippen LogP contribution < -0.4 is 5.32 Å². The van der Waals surface area contributed by atoms with Crippen molar-refractivity contribution in [2.45, 2.75) is 71.0 Å². The van der Waals surface area contributed by atoms with Gasteiger partial charge in [-0.3, -0.25) is 9.38 Å². The number of aromatic carboxylic acids is 1. The van der Waals surface area contributed by atoms with Crippen molar-refractivity contribution in [2.24, 2.45) is 0 Å². The summed E-state index contributed by atoms with van der Waals surface area (Å²) in [5.41, 5.74) is -1.15. The quantitative estimate of drug-likeness (QED) is 0.115. The first-order chi connectivity index (χ1) is 21.7. The number of alkyl halides is 3. The van der Waals surface area contributed by atoms with Crippen molar-refractivity contribution >= 4 is 34.6 Å². The summed E-state index contributed by atoms with van der Waals surface area (Å²) < 4.78 is 45.6. The highest BCUT2D eigenvalue weighted by Gasteiger charge is 2.36. The van der Waals surface area contributed by atoms with E-state index in [0.29, 0.717) is 0 Å². The van der Waals surface area contributed by atoms with Gasteiger partial charge in [0.05, 0.1) is 22.4 Å². The number of nitrogens with zero attached hydrogens (tertiary/aromatic N) is 3. The van der Waals surface area contributed by atoms with E-state index in [9.17, 15) is 18.0 Å². The maximum absolute atomic E-state index is 13.2. The van der Waals surface area contributed by atoms with Crippen molar-refractivity contribution in [1.82, 2.24) is 19.7 Å². The number of unbranched alkanes of at least 4 members (excludes halogenated alkanes) is 7. The highest BCUT2D eigenvalue weighted by atomic mass is 35.5. The lowest BCUT2D eigenvalue weighted by Crippen LogP contribution is -2.13. The molecule has 0 aliphatic heterocycles. The minimum Gasteiger partial charge on any atom is -0.476 e. The number of fused-ring (bicyclic) bond motifs is 1. The zero-order chi connectivity index (χ0) is 32.2. The van der Waals surface area contributed by atoms with Gasteiger partial charge in [-0.1, -0.05) is 69.5 Å². The number of aromatic nitrogens is 3. The van der Waals surface area contributed by atoms with Gasteiger partial charge in [-0.15, -0.1) is 11.3 Å². The molecule has 5 heterocycles. The fraction of sp³-hybridized carbons (Fsp3) is 0.364. The molecule has 2 N–H and O–H groups in total. The molecule has 0 aromatic carbocycles. The van der Waals surface area contributed by atoms with Gasteiger partial charge in [0.15, 0.2) is 11.3 Å². The first kappa shape index (κ1) is 34.2. The van der Waals surface area contributed by atoms with E-state index in [4.69, 9.17) is 21.1 Å². The summed E-state index contributed by atoms with van der Waals surface area (Å²) in [4.78, 5) is 21.5. The van der Waals surface area contributed by atoms with Gasteiger partial charge in [-0.25, -0.2) is 9.78 Å². The van der Waals surface area contributed by atoms with Crippen LogP contribution in [0.5, 0.6) is 0 Å². The molecule has 5 aromatic rings. The van der Waals surface area contributed by atoms with Crippen LogP contribution in [0.4, 0.5) is 13.2 Å². The van der Waals surface area contributed by atoms with E-state index in [2.05, 4.69) is 40.4 Å². The Kier molecular flexibility index (Phi) is 12.6. The second kappa shape index (κ2) is 16.6. The Hall–Kier alpha value is -3.67. The summed E-state index contributed by atoms with van der Waals surface area (Å²) in [7, 11) is 0. The fourth-order valence-electron chi connectivity index (χ4n) is 4.75. The molecule has 0 spiro atoms. The van der Waals surface area contributed by atoms with Crippen LogP contribution in [0, 0.1) is 0 Å². The summed E-state index contributed by atoms with van der Waals surface area (Å²) in [6, 6.07) is 14.3. The van der Waals surface area contributed by atoms with E-state index < -0.39 is 34.2 Å². The van der Waals surface area contributed by atoms with E-state index in [1.54, 1.807) is 0 Å². The second-order valence-electron chi connectivity index (χ2n) is 10.5. The molecule has 240 valence electrons. The molecular weight excluding hydrogens is 625 g/mol. The predicted octanol–water partition coefficient (Wildman–Crippen LogP) is 10.0. The molecule has 7 nitrogen and oxygen atoms in total. The molecule has 12 heteroatoms. The highest BCUT2D eigenvalue weighted by molar-refractivity contribution is 7.15. The molecule has 0 unspecified atom stereocenters. The zero-order valence-corrected chi connectivity index (χ0v) is 26.5. The number of imidazole rings is 1. The third-order valence-electron chi connectivity index (χ3n) is 7.06. The highest BCUT2D eigenvalue weighted by Crippen LogP contribution is 2.37. The van der Waals surface area contributed by atoms with Crippen LogP contribution in [0.3, 0.4) is 0 Å². The van der Waals surface area contributed by atoms with E-state index >= 15 is 0 Å².